The van der Waals surface area contributed by atoms with Crippen LogP contribution in [0.5, 0.6) is 0 Å². The number of nitro benzene ring substituents is 2. The molecule has 0 saturated carbocycles. The van der Waals surface area contributed by atoms with E-state index in [2.05, 4.69) is 0 Å². The van der Waals surface area contributed by atoms with Gasteiger partial charge >= 0.3 is 0 Å². The summed E-state index contributed by atoms with van der Waals surface area (Å²) in [4.78, 5) is 21.5. The normalized spacial score (nSPS) is 23.2. The molecule has 3 rings (SSSR count). The fourth-order valence-corrected chi connectivity index (χ4v) is 3.13. The zero-order valence-electron chi connectivity index (χ0n) is 14.2. The van der Waals surface area contributed by atoms with Crippen molar-refractivity contribution < 1.29 is 19.3 Å². The quantitative estimate of drug-likeness (QED) is 0.563. The summed E-state index contributed by atoms with van der Waals surface area (Å²) in [6.07, 6.45) is 10.3. The van der Waals surface area contributed by atoms with Crippen LogP contribution < -0.4 is 0 Å². The van der Waals surface area contributed by atoms with Crippen LogP contribution in [0, 0.1) is 20.2 Å². The Morgan fingerprint density at radius 3 is 1.65 bits per heavy atom. The molecule has 0 amide bonds. The van der Waals surface area contributed by atoms with Crippen molar-refractivity contribution in [3.63, 3.8) is 0 Å². The van der Waals surface area contributed by atoms with E-state index in [0.717, 1.165) is 31.7 Å². The lowest BCUT2D eigenvalue weighted by atomic mass is 10.0. The Balaban J connectivity index is 1.96. The van der Waals surface area contributed by atoms with Crippen molar-refractivity contribution in [1.29, 1.82) is 0 Å². The lowest BCUT2D eigenvalue weighted by Gasteiger charge is -2.06. The Labute approximate surface area is 150 Å². The fraction of sp³-hybridized carbons (Fsp3) is 0.444. The molecule has 0 N–H and O–H groups in total. The van der Waals surface area contributed by atoms with Crippen LogP contribution in [0.3, 0.4) is 0 Å². The van der Waals surface area contributed by atoms with Crippen molar-refractivity contribution in [2.45, 2.75) is 37.9 Å². The number of rotatable bonds is 6. The predicted molar refractivity (Wildman–Crippen MR) is 95.8 cm³/mol. The van der Waals surface area contributed by atoms with Crippen LogP contribution in [0.25, 0.3) is 12.2 Å². The molecule has 138 valence electrons. The highest BCUT2D eigenvalue weighted by atomic mass is 16.6. The average Bonchev–Trinajstić information content (AvgIpc) is 3.31. The van der Waals surface area contributed by atoms with Gasteiger partial charge in [0, 0.05) is 13.2 Å². The van der Waals surface area contributed by atoms with Crippen molar-refractivity contribution in [2.24, 2.45) is 0 Å². The first kappa shape index (κ1) is 18.2. The molecule has 2 atom stereocenters. The Kier molecular flexibility index (Phi) is 5.75. The first-order valence-electron chi connectivity index (χ1n) is 8.61. The summed E-state index contributed by atoms with van der Waals surface area (Å²) in [7, 11) is 0. The maximum Gasteiger partial charge on any atom is 0.283 e. The van der Waals surface area contributed by atoms with Gasteiger partial charge in [-0.3, -0.25) is 20.2 Å². The molecule has 2 saturated heterocycles. The molecule has 2 heterocycles. The van der Waals surface area contributed by atoms with E-state index >= 15 is 0 Å². The van der Waals surface area contributed by atoms with Gasteiger partial charge in [-0.2, -0.15) is 0 Å². The van der Waals surface area contributed by atoms with Crippen LogP contribution in [0.1, 0.15) is 36.8 Å². The lowest BCUT2D eigenvalue weighted by molar-refractivity contribution is -0.394. The van der Waals surface area contributed by atoms with Crippen molar-refractivity contribution in [3.05, 3.63) is 55.6 Å². The van der Waals surface area contributed by atoms with E-state index in [1.54, 1.807) is 24.3 Å². The van der Waals surface area contributed by atoms with Gasteiger partial charge in [-0.05, 0) is 43.9 Å². The molecule has 1 aromatic rings. The van der Waals surface area contributed by atoms with Crippen LogP contribution in [0.2, 0.25) is 0 Å². The molecule has 2 aliphatic heterocycles. The monoisotopic (exact) mass is 360 g/mol. The second-order valence-electron chi connectivity index (χ2n) is 6.31. The van der Waals surface area contributed by atoms with E-state index in [4.69, 9.17) is 9.47 Å². The van der Waals surface area contributed by atoms with Crippen LogP contribution in [-0.4, -0.2) is 35.3 Å². The van der Waals surface area contributed by atoms with Crippen molar-refractivity contribution in [2.75, 3.05) is 13.2 Å². The molecule has 8 heteroatoms. The third kappa shape index (κ3) is 4.33. The molecule has 26 heavy (non-hydrogen) atoms. The number of nitrogens with zero attached hydrogens (tertiary/aromatic N) is 2. The van der Waals surface area contributed by atoms with Crippen LogP contribution in [0.15, 0.2) is 24.3 Å². The molecule has 8 nitrogen and oxygen atoms in total. The number of hydrogen-bond donors (Lipinski definition) is 0. The third-order valence-corrected chi connectivity index (χ3v) is 4.48. The maximum atomic E-state index is 11.4. The SMILES string of the molecule is O=[N+]([O-])c1cc([N+](=O)[O-])c(/C=C/[C@H]2CCCO2)cc1/C=C/[C@@H]1CCCO1. The Hall–Kier alpha value is -2.58. The maximum absolute atomic E-state index is 11.4. The number of benzene rings is 1. The average molecular weight is 360 g/mol. The van der Waals surface area contributed by atoms with E-state index in [1.165, 1.54) is 6.07 Å². The molecule has 0 aromatic heterocycles. The highest BCUT2D eigenvalue weighted by Gasteiger charge is 2.23. The van der Waals surface area contributed by atoms with Gasteiger partial charge in [0.05, 0.1) is 39.2 Å². The summed E-state index contributed by atoms with van der Waals surface area (Å²) in [5, 5.41) is 22.7. The fourth-order valence-electron chi connectivity index (χ4n) is 3.13. The van der Waals surface area contributed by atoms with Crippen LogP contribution in [-0.2, 0) is 9.47 Å². The highest BCUT2D eigenvalue weighted by Crippen LogP contribution is 2.32. The second kappa shape index (κ2) is 8.20. The van der Waals surface area contributed by atoms with E-state index in [9.17, 15) is 20.2 Å². The zero-order chi connectivity index (χ0) is 18.5. The van der Waals surface area contributed by atoms with Gasteiger partial charge in [-0.25, -0.2) is 0 Å². The van der Waals surface area contributed by atoms with E-state index in [0.29, 0.717) is 24.3 Å². The third-order valence-electron chi connectivity index (χ3n) is 4.48. The van der Waals surface area contributed by atoms with E-state index in [1.807, 2.05) is 0 Å². The Morgan fingerprint density at radius 1 is 0.846 bits per heavy atom. The minimum Gasteiger partial charge on any atom is -0.374 e. The summed E-state index contributed by atoms with van der Waals surface area (Å²) in [5.41, 5.74) is 0.0617. The van der Waals surface area contributed by atoms with Gasteiger partial charge in [0.25, 0.3) is 11.4 Å². The van der Waals surface area contributed by atoms with Gasteiger partial charge in [0.15, 0.2) is 0 Å². The Morgan fingerprint density at radius 2 is 1.31 bits per heavy atom. The molecule has 2 aliphatic rings. The molecule has 0 unspecified atom stereocenters. The molecule has 0 radical (unpaired) electrons. The van der Waals surface area contributed by atoms with Gasteiger partial charge in [0.2, 0.25) is 0 Å². The minimum absolute atomic E-state index is 0.0734. The largest absolute Gasteiger partial charge is 0.374 e. The summed E-state index contributed by atoms with van der Waals surface area (Å²) in [5.74, 6) is 0. The number of nitro groups is 2. The zero-order valence-corrected chi connectivity index (χ0v) is 14.2. The van der Waals surface area contributed by atoms with Crippen molar-refractivity contribution in [1.82, 2.24) is 0 Å². The molecule has 2 fully saturated rings. The van der Waals surface area contributed by atoms with Crippen molar-refractivity contribution in [3.8, 4) is 0 Å². The van der Waals surface area contributed by atoms with E-state index < -0.39 is 9.85 Å². The summed E-state index contributed by atoms with van der Waals surface area (Å²) < 4.78 is 11.0. The van der Waals surface area contributed by atoms with Gasteiger partial charge < -0.3 is 9.47 Å². The number of hydrogen-bond acceptors (Lipinski definition) is 6. The minimum atomic E-state index is -0.601. The lowest BCUT2D eigenvalue weighted by Crippen LogP contribution is -2.01. The number of ether oxygens (including phenoxy) is 2. The topological polar surface area (TPSA) is 105 Å². The molecule has 0 aliphatic carbocycles. The molecule has 0 spiro atoms. The highest BCUT2D eigenvalue weighted by molar-refractivity contribution is 5.73. The summed E-state index contributed by atoms with van der Waals surface area (Å²) in [6.45, 7) is 1.35. The van der Waals surface area contributed by atoms with E-state index in [-0.39, 0.29) is 23.6 Å². The first-order chi connectivity index (χ1) is 12.5. The second-order valence-corrected chi connectivity index (χ2v) is 6.31. The summed E-state index contributed by atoms with van der Waals surface area (Å²) >= 11 is 0. The summed E-state index contributed by atoms with van der Waals surface area (Å²) in [6, 6.07) is 2.50. The smallest absolute Gasteiger partial charge is 0.283 e. The van der Waals surface area contributed by atoms with Gasteiger partial charge in [-0.15, -0.1) is 0 Å². The standard InChI is InChI=1S/C18H20N2O6/c21-19(22)17-12-18(20(23)24)14(6-8-16-4-2-10-26-16)11-13(17)5-7-15-3-1-9-25-15/h5-8,11-12,15-16H,1-4,9-10H2/b7-5+,8-6+/t15-,16+. The van der Waals surface area contributed by atoms with Gasteiger partial charge in [-0.1, -0.05) is 12.2 Å². The first-order valence-corrected chi connectivity index (χ1v) is 8.61. The Bertz CT molecular complexity index is 687. The molecular weight excluding hydrogens is 340 g/mol. The molecule has 1 aromatic carbocycles. The van der Waals surface area contributed by atoms with Crippen LogP contribution >= 0.6 is 0 Å². The molecule has 0 bridgehead atoms. The molecular formula is C18H20N2O6. The van der Waals surface area contributed by atoms with Crippen molar-refractivity contribution >= 4 is 23.5 Å². The predicted octanol–water partition coefficient (Wildman–Crippen LogP) is 3.89. The van der Waals surface area contributed by atoms with Gasteiger partial charge in [0.1, 0.15) is 0 Å². The van der Waals surface area contributed by atoms with Crippen LogP contribution in [0.4, 0.5) is 11.4 Å².